The lowest BCUT2D eigenvalue weighted by atomic mass is 10.1. The lowest BCUT2D eigenvalue weighted by Gasteiger charge is -2.28. The number of hydrogen-bond acceptors (Lipinski definition) is 4. The van der Waals surface area contributed by atoms with Gasteiger partial charge >= 0.3 is 5.76 Å². The smallest absolute Gasteiger partial charge is 0.408 e. The van der Waals surface area contributed by atoms with Crippen LogP contribution in [0.25, 0.3) is 11.1 Å². The van der Waals surface area contributed by atoms with Gasteiger partial charge in [0.25, 0.3) is 0 Å². The first-order valence-corrected chi connectivity index (χ1v) is 5.87. The number of oxazole rings is 1. The monoisotopic (exact) mass is 249 g/mol. The van der Waals surface area contributed by atoms with E-state index in [0.717, 1.165) is 17.7 Å². The van der Waals surface area contributed by atoms with E-state index in [0.29, 0.717) is 5.58 Å². The molecule has 0 aliphatic heterocycles. The van der Waals surface area contributed by atoms with Crippen LogP contribution in [0.1, 0.15) is 13.8 Å². The van der Waals surface area contributed by atoms with E-state index in [2.05, 4.69) is 4.90 Å². The molecular formula is C13H19N3O2. The van der Waals surface area contributed by atoms with Gasteiger partial charge in [-0.05, 0) is 32.0 Å². The van der Waals surface area contributed by atoms with Crippen molar-refractivity contribution in [3.63, 3.8) is 0 Å². The van der Waals surface area contributed by atoms with Crippen LogP contribution in [0.3, 0.4) is 0 Å². The second-order valence-corrected chi connectivity index (χ2v) is 5.42. The molecule has 0 fully saturated rings. The zero-order valence-corrected chi connectivity index (χ0v) is 11.2. The summed E-state index contributed by atoms with van der Waals surface area (Å²) >= 11 is 0. The zero-order chi connectivity index (χ0) is 13.5. The van der Waals surface area contributed by atoms with Gasteiger partial charge < -0.3 is 15.1 Å². The molecule has 2 N–H and O–H groups in total. The SMILES string of the molecule is CN(CC(C)(C)N)c1ccc2oc(=O)n(C)c2c1. The fourth-order valence-corrected chi connectivity index (χ4v) is 2.06. The minimum atomic E-state index is -0.344. The predicted octanol–water partition coefficient (Wildman–Crippen LogP) is 1.30. The van der Waals surface area contributed by atoms with Gasteiger partial charge in [0, 0.05) is 31.9 Å². The highest BCUT2D eigenvalue weighted by Gasteiger charge is 2.15. The molecule has 98 valence electrons. The third-order valence-electron chi connectivity index (χ3n) is 2.86. The van der Waals surface area contributed by atoms with Crippen molar-refractivity contribution in [1.82, 2.24) is 4.57 Å². The summed E-state index contributed by atoms with van der Waals surface area (Å²) in [5, 5.41) is 0. The number of fused-ring (bicyclic) bond motifs is 1. The molecule has 0 unspecified atom stereocenters. The molecule has 0 saturated carbocycles. The quantitative estimate of drug-likeness (QED) is 0.890. The number of nitrogens with zero attached hydrogens (tertiary/aromatic N) is 2. The molecule has 0 saturated heterocycles. The Morgan fingerprint density at radius 2 is 2.11 bits per heavy atom. The Bertz CT molecular complexity index is 619. The number of benzene rings is 1. The van der Waals surface area contributed by atoms with Crippen molar-refractivity contribution in [2.75, 3.05) is 18.5 Å². The molecule has 0 bridgehead atoms. The van der Waals surface area contributed by atoms with Crippen LogP contribution < -0.4 is 16.4 Å². The molecule has 5 nitrogen and oxygen atoms in total. The van der Waals surface area contributed by atoms with Crippen molar-refractivity contribution in [3.05, 3.63) is 28.7 Å². The molecule has 0 amide bonds. The summed E-state index contributed by atoms with van der Waals surface area (Å²) in [5.74, 6) is -0.344. The molecule has 0 radical (unpaired) electrons. The molecule has 1 aromatic carbocycles. The summed E-state index contributed by atoms with van der Waals surface area (Å²) in [6.07, 6.45) is 0. The van der Waals surface area contributed by atoms with Gasteiger partial charge in [-0.2, -0.15) is 0 Å². The maximum absolute atomic E-state index is 11.4. The average molecular weight is 249 g/mol. The highest BCUT2D eigenvalue weighted by atomic mass is 16.4. The van der Waals surface area contributed by atoms with Crippen molar-refractivity contribution >= 4 is 16.8 Å². The number of nitrogens with two attached hydrogens (primary N) is 1. The van der Waals surface area contributed by atoms with Crippen molar-refractivity contribution in [2.45, 2.75) is 19.4 Å². The van der Waals surface area contributed by atoms with Crippen LogP contribution in [0, 0.1) is 0 Å². The Balaban J connectivity index is 2.40. The maximum atomic E-state index is 11.4. The Labute approximate surface area is 106 Å². The van der Waals surface area contributed by atoms with E-state index in [1.165, 1.54) is 4.57 Å². The van der Waals surface area contributed by atoms with Crippen molar-refractivity contribution in [2.24, 2.45) is 12.8 Å². The number of hydrogen-bond donors (Lipinski definition) is 1. The van der Waals surface area contributed by atoms with Gasteiger partial charge in [-0.15, -0.1) is 0 Å². The second kappa shape index (κ2) is 4.17. The minimum absolute atomic E-state index is 0.272. The third kappa shape index (κ3) is 2.41. The summed E-state index contributed by atoms with van der Waals surface area (Å²) in [4.78, 5) is 13.5. The van der Waals surface area contributed by atoms with Gasteiger partial charge in [-0.1, -0.05) is 0 Å². The molecule has 1 aromatic heterocycles. The van der Waals surface area contributed by atoms with Gasteiger partial charge in [-0.3, -0.25) is 4.57 Å². The first kappa shape index (κ1) is 12.7. The van der Waals surface area contributed by atoms with Gasteiger partial charge in [0.2, 0.25) is 0 Å². The normalized spacial score (nSPS) is 12.1. The Morgan fingerprint density at radius 1 is 1.44 bits per heavy atom. The van der Waals surface area contributed by atoms with E-state index >= 15 is 0 Å². The first-order valence-electron chi connectivity index (χ1n) is 5.87. The lowest BCUT2D eigenvalue weighted by molar-refractivity contribution is 0.519. The average Bonchev–Trinajstić information content (AvgIpc) is 2.52. The summed E-state index contributed by atoms with van der Waals surface area (Å²) < 4.78 is 6.60. The van der Waals surface area contributed by atoms with Crippen LogP contribution in [-0.2, 0) is 7.05 Å². The van der Waals surface area contributed by atoms with Gasteiger partial charge in [0.05, 0.1) is 5.52 Å². The number of aromatic nitrogens is 1. The van der Waals surface area contributed by atoms with E-state index in [4.69, 9.17) is 10.2 Å². The largest absolute Gasteiger partial charge is 0.419 e. The topological polar surface area (TPSA) is 64.4 Å². The van der Waals surface area contributed by atoms with Crippen LogP contribution in [-0.4, -0.2) is 23.7 Å². The molecule has 18 heavy (non-hydrogen) atoms. The Hall–Kier alpha value is -1.75. The fraction of sp³-hybridized carbons (Fsp3) is 0.462. The highest BCUT2D eigenvalue weighted by Crippen LogP contribution is 2.21. The Kier molecular flexibility index (Phi) is 2.94. The van der Waals surface area contributed by atoms with Crippen LogP contribution >= 0.6 is 0 Å². The molecule has 0 aliphatic carbocycles. The molecule has 0 spiro atoms. The summed E-state index contributed by atoms with van der Waals surface area (Å²) in [6, 6.07) is 5.68. The number of anilines is 1. The van der Waals surface area contributed by atoms with E-state index < -0.39 is 0 Å². The van der Waals surface area contributed by atoms with Crippen molar-refractivity contribution < 1.29 is 4.42 Å². The van der Waals surface area contributed by atoms with Crippen LogP contribution in [0.15, 0.2) is 27.4 Å². The number of aryl methyl sites for hydroxylation is 1. The minimum Gasteiger partial charge on any atom is -0.408 e. The van der Waals surface area contributed by atoms with Crippen LogP contribution in [0.4, 0.5) is 5.69 Å². The van der Waals surface area contributed by atoms with E-state index in [-0.39, 0.29) is 11.3 Å². The van der Waals surface area contributed by atoms with E-state index in [1.807, 2.05) is 39.1 Å². The number of likely N-dealkylation sites (N-methyl/N-ethyl adjacent to an activating group) is 1. The lowest BCUT2D eigenvalue weighted by Crippen LogP contribution is -2.44. The summed E-state index contributed by atoms with van der Waals surface area (Å²) in [6.45, 7) is 4.69. The highest BCUT2D eigenvalue weighted by molar-refractivity contribution is 5.77. The molecular weight excluding hydrogens is 230 g/mol. The van der Waals surface area contributed by atoms with Gasteiger partial charge in [-0.25, -0.2) is 4.79 Å². The standard InChI is InChI=1S/C13H19N3O2/c1-13(2,14)8-15(3)9-5-6-11-10(7-9)16(4)12(17)18-11/h5-7H,8,14H2,1-4H3. The molecule has 2 aromatic rings. The fourth-order valence-electron chi connectivity index (χ4n) is 2.06. The van der Waals surface area contributed by atoms with Gasteiger partial charge in [0.1, 0.15) is 0 Å². The summed E-state index contributed by atoms with van der Waals surface area (Å²) in [5.41, 5.74) is 8.14. The third-order valence-corrected chi connectivity index (χ3v) is 2.86. The molecule has 0 atom stereocenters. The van der Waals surface area contributed by atoms with Crippen LogP contribution in [0.5, 0.6) is 0 Å². The van der Waals surface area contributed by atoms with Crippen molar-refractivity contribution in [1.29, 1.82) is 0 Å². The predicted molar refractivity (Wildman–Crippen MR) is 73.0 cm³/mol. The van der Waals surface area contributed by atoms with E-state index in [9.17, 15) is 4.79 Å². The molecule has 5 heteroatoms. The molecule has 2 rings (SSSR count). The van der Waals surface area contributed by atoms with E-state index in [1.54, 1.807) is 7.05 Å². The summed E-state index contributed by atoms with van der Waals surface area (Å²) in [7, 11) is 3.68. The Morgan fingerprint density at radius 3 is 2.72 bits per heavy atom. The maximum Gasteiger partial charge on any atom is 0.419 e. The number of rotatable bonds is 3. The van der Waals surface area contributed by atoms with Crippen molar-refractivity contribution in [3.8, 4) is 0 Å². The van der Waals surface area contributed by atoms with Gasteiger partial charge in [0.15, 0.2) is 5.58 Å². The first-order chi connectivity index (χ1) is 8.28. The second-order valence-electron chi connectivity index (χ2n) is 5.42. The molecule has 0 aliphatic rings. The molecule has 1 heterocycles. The zero-order valence-electron chi connectivity index (χ0n) is 11.2. The van der Waals surface area contributed by atoms with Crippen LogP contribution in [0.2, 0.25) is 0 Å².